The standard InChI is InChI=1S/C9H7Cl3N2O2/c1-13-8(12)6(10)7(11)9(13)14-4(15)2-3-5(14)16/h2-3H2,1H3. The van der Waals surface area contributed by atoms with Crippen molar-refractivity contribution in [1.29, 1.82) is 0 Å². The number of aromatic nitrogens is 1. The van der Waals surface area contributed by atoms with Gasteiger partial charge in [0.05, 0.1) is 5.02 Å². The van der Waals surface area contributed by atoms with Crippen molar-refractivity contribution in [2.75, 3.05) is 4.90 Å². The molecule has 0 unspecified atom stereocenters. The number of carbonyl (C=O) groups is 2. The summed E-state index contributed by atoms with van der Waals surface area (Å²) in [6, 6.07) is 0. The van der Waals surface area contributed by atoms with E-state index in [1.54, 1.807) is 7.05 Å². The number of amides is 2. The minimum absolute atomic E-state index is 0.123. The molecule has 2 heterocycles. The van der Waals surface area contributed by atoms with Gasteiger partial charge in [0.1, 0.15) is 16.0 Å². The summed E-state index contributed by atoms with van der Waals surface area (Å²) in [4.78, 5) is 24.1. The number of nitrogens with zero attached hydrogens (tertiary/aromatic N) is 2. The van der Waals surface area contributed by atoms with Crippen molar-refractivity contribution >= 4 is 52.4 Å². The fourth-order valence-corrected chi connectivity index (χ4v) is 2.37. The molecule has 1 fully saturated rings. The lowest BCUT2D eigenvalue weighted by molar-refractivity contribution is -0.121. The Morgan fingerprint density at radius 1 is 1.00 bits per heavy atom. The van der Waals surface area contributed by atoms with E-state index < -0.39 is 0 Å². The van der Waals surface area contributed by atoms with Crippen LogP contribution in [0, 0.1) is 0 Å². The average molecular weight is 282 g/mol. The molecular formula is C9H7Cl3N2O2. The molecule has 2 rings (SSSR count). The summed E-state index contributed by atoms with van der Waals surface area (Å²) in [5.74, 6) is -0.342. The maximum absolute atomic E-state index is 11.6. The van der Waals surface area contributed by atoms with Crippen LogP contribution in [-0.4, -0.2) is 16.4 Å². The average Bonchev–Trinajstić information content (AvgIpc) is 2.65. The zero-order valence-corrected chi connectivity index (χ0v) is 10.5. The molecule has 1 aromatic rings. The minimum Gasteiger partial charge on any atom is -0.318 e. The summed E-state index contributed by atoms with van der Waals surface area (Å²) in [6.07, 6.45) is 0.380. The highest BCUT2D eigenvalue weighted by Crippen LogP contribution is 2.41. The molecule has 0 spiro atoms. The van der Waals surface area contributed by atoms with Crippen LogP contribution < -0.4 is 4.90 Å². The van der Waals surface area contributed by atoms with Gasteiger partial charge in [0.25, 0.3) is 0 Å². The van der Waals surface area contributed by atoms with Crippen molar-refractivity contribution in [2.45, 2.75) is 12.8 Å². The molecule has 1 saturated heterocycles. The van der Waals surface area contributed by atoms with Gasteiger partial charge in [-0.25, -0.2) is 4.90 Å². The topological polar surface area (TPSA) is 42.3 Å². The fraction of sp³-hybridized carbons (Fsp3) is 0.333. The Balaban J connectivity index is 2.60. The number of hydrogen-bond acceptors (Lipinski definition) is 2. The smallest absolute Gasteiger partial charge is 0.235 e. The summed E-state index contributed by atoms with van der Waals surface area (Å²) in [5, 5.41) is 0.472. The first kappa shape index (κ1) is 11.8. The molecule has 0 atom stereocenters. The second-order valence-corrected chi connectivity index (χ2v) is 4.54. The number of hydrogen-bond donors (Lipinski definition) is 0. The third-order valence-electron chi connectivity index (χ3n) is 2.45. The van der Waals surface area contributed by atoms with E-state index >= 15 is 0 Å². The van der Waals surface area contributed by atoms with Crippen molar-refractivity contribution in [3.63, 3.8) is 0 Å². The van der Waals surface area contributed by atoms with Gasteiger partial charge in [-0.05, 0) is 0 Å². The third kappa shape index (κ3) is 1.52. The van der Waals surface area contributed by atoms with Gasteiger partial charge in [0.15, 0.2) is 0 Å². The van der Waals surface area contributed by atoms with Crippen LogP contribution in [0.5, 0.6) is 0 Å². The van der Waals surface area contributed by atoms with Crippen molar-refractivity contribution < 1.29 is 9.59 Å². The summed E-state index contributed by atoms with van der Waals surface area (Å²) < 4.78 is 1.42. The summed E-state index contributed by atoms with van der Waals surface area (Å²) in [5.41, 5.74) is 0. The number of imide groups is 1. The van der Waals surface area contributed by atoms with Crippen molar-refractivity contribution in [2.24, 2.45) is 7.05 Å². The first-order chi connectivity index (χ1) is 7.45. The van der Waals surface area contributed by atoms with Gasteiger partial charge in [0.2, 0.25) is 11.8 Å². The molecule has 0 aromatic carbocycles. The number of anilines is 1. The highest BCUT2D eigenvalue weighted by molar-refractivity contribution is 6.50. The molecular weight excluding hydrogens is 274 g/mol. The van der Waals surface area contributed by atoms with E-state index in [9.17, 15) is 9.59 Å². The van der Waals surface area contributed by atoms with Crippen LogP contribution in [0.2, 0.25) is 15.2 Å². The van der Waals surface area contributed by atoms with E-state index in [1.807, 2.05) is 0 Å². The van der Waals surface area contributed by atoms with Gasteiger partial charge in [0, 0.05) is 19.9 Å². The van der Waals surface area contributed by atoms with Crippen LogP contribution in [0.1, 0.15) is 12.8 Å². The molecule has 0 N–H and O–H groups in total. The van der Waals surface area contributed by atoms with Crippen LogP contribution in [-0.2, 0) is 16.6 Å². The number of rotatable bonds is 1. The molecule has 2 amide bonds. The van der Waals surface area contributed by atoms with E-state index in [2.05, 4.69) is 0 Å². The van der Waals surface area contributed by atoms with Gasteiger partial charge in [-0.3, -0.25) is 9.59 Å². The molecule has 16 heavy (non-hydrogen) atoms. The van der Waals surface area contributed by atoms with Crippen LogP contribution in [0.25, 0.3) is 0 Å². The Hall–Kier alpha value is -0.710. The van der Waals surface area contributed by atoms with E-state index in [0.717, 1.165) is 4.90 Å². The lowest BCUT2D eigenvalue weighted by atomic mass is 10.4. The van der Waals surface area contributed by atoms with Gasteiger partial charge in [-0.2, -0.15) is 0 Å². The van der Waals surface area contributed by atoms with Crippen LogP contribution >= 0.6 is 34.8 Å². The predicted molar refractivity (Wildman–Crippen MR) is 62.2 cm³/mol. The lowest BCUT2D eigenvalue weighted by Crippen LogP contribution is -2.30. The van der Waals surface area contributed by atoms with Crippen molar-refractivity contribution in [3.8, 4) is 0 Å². The third-order valence-corrected chi connectivity index (χ3v) is 3.81. The van der Waals surface area contributed by atoms with Gasteiger partial charge in [-0.1, -0.05) is 34.8 Å². The highest BCUT2D eigenvalue weighted by atomic mass is 35.5. The van der Waals surface area contributed by atoms with Crippen molar-refractivity contribution in [3.05, 3.63) is 15.2 Å². The molecule has 0 bridgehead atoms. The summed E-state index contributed by atoms with van der Waals surface area (Å²) >= 11 is 17.7. The fourth-order valence-electron chi connectivity index (χ4n) is 1.64. The van der Waals surface area contributed by atoms with Crippen LogP contribution in [0.15, 0.2) is 0 Å². The quantitative estimate of drug-likeness (QED) is 0.743. The molecule has 1 aromatic heterocycles. The first-order valence-corrected chi connectivity index (χ1v) is 5.63. The molecule has 0 saturated carbocycles. The van der Waals surface area contributed by atoms with Crippen LogP contribution in [0.3, 0.4) is 0 Å². The minimum atomic E-state index is -0.291. The Kier molecular flexibility index (Phi) is 2.90. The maximum atomic E-state index is 11.6. The Bertz CT molecular complexity index is 454. The van der Waals surface area contributed by atoms with E-state index in [0.29, 0.717) is 0 Å². The van der Waals surface area contributed by atoms with Crippen molar-refractivity contribution in [1.82, 2.24) is 4.57 Å². The van der Waals surface area contributed by atoms with Gasteiger partial charge >= 0.3 is 0 Å². The Morgan fingerprint density at radius 2 is 1.50 bits per heavy atom. The zero-order valence-electron chi connectivity index (χ0n) is 8.26. The Labute approximate surface area is 107 Å². The first-order valence-electron chi connectivity index (χ1n) is 4.50. The van der Waals surface area contributed by atoms with Crippen LogP contribution in [0.4, 0.5) is 5.82 Å². The normalized spacial score (nSPS) is 16.4. The molecule has 86 valence electrons. The molecule has 7 heteroatoms. The molecule has 1 aliphatic rings. The predicted octanol–water partition coefficient (Wildman–Crippen LogP) is 2.64. The Morgan fingerprint density at radius 3 is 1.88 bits per heavy atom. The van der Waals surface area contributed by atoms with E-state index in [4.69, 9.17) is 34.8 Å². The SMILES string of the molecule is Cn1c(Cl)c(Cl)c(Cl)c1N1C(=O)CCC1=O. The molecule has 0 aliphatic carbocycles. The van der Waals surface area contributed by atoms with Gasteiger partial charge in [-0.15, -0.1) is 0 Å². The number of halogens is 3. The van der Waals surface area contributed by atoms with E-state index in [-0.39, 0.29) is 45.7 Å². The summed E-state index contributed by atoms with van der Waals surface area (Å²) in [7, 11) is 1.59. The second-order valence-electron chi connectivity index (χ2n) is 3.42. The molecule has 4 nitrogen and oxygen atoms in total. The maximum Gasteiger partial charge on any atom is 0.235 e. The largest absolute Gasteiger partial charge is 0.318 e. The second kappa shape index (κ2) is 3.95. The number of carbonyl (C=O) groups excluding carboxylic acids is 2. The molecule has 0 radical (unpaired) electrons. The lowest BCUT2D eigenvalue weighted by Gasteiger charge is -2.15. The van der Waals surface area contributed by atoms with E-state index in [1.165, 1.54) is 4.57 Å². The highest BCUT2D eigenvalue weighted by Gasteiger charge is 2.35. The van der Waals surface area contributed by atoms with Gasteiger partial charge < -0.3 is 4.57 Å². The molecule has 1 aliphatic heterocycles. The zero-order chi connectivity index (χ0) is 12.0. The summed E-state index contributed by atoms with van der Waals surface area (Å²) in [6.45, 7) is 0. The monoisotopic (exact) mass is 280 g/mol.